The monoisotopic (exact) mass is 807 g/mol. The molecule has 1 unspecified atom stereocenters. The molecule has 17 nitrogen and oxygen atoms in total. The average Bonchev–Trinajstić information content (AvgIpc) is 3.19. The number of nitro groups is 1. The fourth-order valence-electron chi connectivity index (χ4n) is 4.61. The van der Waals surface area contributed by atoms with E-state index in [1.807, 2.05) is 0 Å². The summed E-state index contributed by atoms with van der Waals surface area (Å²) in [6.07, 6.45) is 6.76. The fraction of sp³-hybridized carbons (Fsp3) is 0.821. The van der Waals surface area contributed by atoms with Crippen molar-refractivity contribution in [2.24, 2.45) is 0 Å². The molecule has 0 heterocycles. The first-order valence-corrected chi connectivity index (χ1v) is 20.0. The number of carbonyl (C=O) groups is 1. The van der Waals surface area contributed by atoms with Gasteiger partial charge in [-0.25, -0.2) is 4.79 Å². The minimum absolute atomic E-state index is 0.0629. The smallest absolute Gasteiger partial charge is 0.426 e. The Labute approximate surface area is 333 Å². The van der Waals surface area contributed by atoms with Crippen LogP contribution in [0.25, 0.3) is 0 Å². The van der Waals surface area contributed by atoms with Crippen LogP contribution in [-0.4, -0.2) is 163 Å². The van der Waals surface area contributed by atoms with Crippen molar-refractivity contribution in [2.45, 2.75) is 64.4 Å². The van der Waals surface area contributed by atoms with E-state index in [0.717, 1.165) is 38.7 Å². The van der Waals surface area contributed by atoms with Gasteiger partial charge in [0.05, 0.1) is 124 Å². The second-order valence-electron chi connectivity index (χ2n) is 12.4. The third-order valence-electron chi connectivity index (χ3n) is 7.62. The number of carbonyl (C=O) groups excluding carboxylic acids is 1. The van der Waals surface area contributed by atoms with Gasteiger partial charge in [0, 0.05) is 39.1 Å². The molecule has 1 aromatic carbocycles. The van der Waals surface area contributed by atoms with Gasteiger partial charge >= 0.3 is 6.16 Å². The van der Waals surface area contributed by atoms with E-state index in [4.69, 9.17) is 61.6 Å². The highest BCUT2D eigenvalue weighted by Gasteiger charge is 2.18. The molecule has 0 aliphatic carbocycles. The van der Waals surface area contributed by atoms with Gasteiger partial charge in [-0.1, -0.05) is 39.0 Å². The van der Waals surface area contributed by atoms with E-state index >= 15 is 0 Å². The summed E-state index contributed by atoms with van der Waals surface area (Å²) in [6.45, 7) is 12.1. The molecule has 1 rings (SSSR count). The Balaban J connectivity index is 2.14. The molecule has 326 valence electrons. The Morgan fingerprint density at radius 2 is 0.875 bits per heavy atom. The van der Waals surface area contributed by atoms with Crippen LogP contribution in [0.15, 0.2) is 24.3 Å². The molecule has 0 N–H and O–H groups in total. The van der Waals surface area contributed by atoms with Crippen molar-refractivity contribution < 1.29 is 71.3 Å². The predicted molar refractivity (Wildman–Crippen MR) is 207 cm³/mol. The molecule has 56 heavy (non-hydrogen) atoms. The lowest BCUT2D eigenvalue weighted by molar-refractivity contribution is -0.384. The maximum atomic E-state index is 12.5. The second-order valence-corrected chi connectivity index (χ2v) is 12.4. The zero-order valence-corrected chi connectivity index (χ0v) is 33.9. The SMILES string of the molecule is CCCCCCOCCOCCOCCOCCOCC(COCCCCCCOCCOCCOCCOCCOC)OC(=O)Oc1ccc([N+](=O)[O-])cc1. The fourth-order valence-corrected chi connectivity index (χ4v) is 4.61. The molecule has 0 bridgehead atoms. The van der Waals surface area contributed by atoms with Crippen LogP contribution in [0.5, 0.6) is 5.75 Å². The largest absolute Gasteiger partial charge is 0.514 e. The van der Waals surface area contributed by atoms with E-state index in [0.29, 0.717) is 112 Å². The molecule has 0 radical (unpaired) electrons. The molecule has 0 aliphatic heterocycles. The normalized spacial score (nSPS) is 11.9. The summed E-state index contributed by atoms with van der Waals surface area (Å²) in [5.74, 6) is 0.114. The summed E-state index contributed by atoms with van der Waals surface area (Å²) in [5, 5.41) is 10.9. The minimum Gasteiger partial charge on any atom is -0.426 e. The quantitative estimate of drug-likeness (QED) is 0.0268. The van der Waals surface area contributed by atoms with Crippen LogP contribution in [0, 0.1) is 10.1 Å². The van der Waals surface area contributed by atoms with Crippen molar-refractivity contribution >= 4 is 11.8 Å². The third kappa shape index (κ3) is 34.7. The zero-order chi connectivity index (χ0) is 40.4. The number of rotatable bonds is 43. The Morgan fingerprint density at radius 3 is 1.29 bits per heavy atom. The van der Waals surface area contributed by atoms with Gasteiger partial charge < -0.3 is 61.6 Å². The highest BCUT2D eigenvalue weighted by Crippen LogP contribution is 2.18. The Bertz CT molecular complexity index is 1010. The Morgan fingerprint density at radius 1 is 0.518 bits per heavy atom. The number of methoxy groups -OCH3 is 1. The number of hydrogen-bond acceptors (Lipinski definition) is 16. The van der Waals surface area contributed by atoms with Crippen LogP contribution in [0.4, 0.5) is 10.5 Å². The van der Waals surface area contributed by atoms with E-state index < -0.39 is 17.2 Å². The van der Waals surface area contributed by atoms with Crippen molar-refractivity contribution in [3.05, 3.63) is 34.4 Å². The molecule has 17 heteroatoms. The first kappa shape index (κ1) is 51.5. The molecule has 0 aliphatic rings. The van der Waals surface area contributed by atoms with Crippen molar-refractivity contribution in [1.82, 2.24) is 0 Å². The summed E-state index contributed by atoms with van der Waals surface area (Å²) < 4.78 is 71.0. The molecule has 0 spiro atoms. The van der Waals surface area contributed by atoms with Crippen LogP contribution in [0.1, 0.15) is 58.3 Å². The molecule has 1 aromatic rings. The summed E-state index contributed by atoms with van der Waals surface area (Å²) >= 11 is 0. The number of hydrogen-bond donors (Lipinski definition) is 0. The highest BCUT2D eigenvalue weighted by atomic mass is 16.7. The van der Waals surface area contributed by atoms with Gasteiger partial charge in [0.25, 0.3) is 5.69 Å². The molecule has 0 saturated heterocycles. The maximum absolute atomic E-state index is 12.5. The van der Waals surface area contributed by atoms with Crippen molar-refractivity contribution in [1.29, 1.82) is 0 Å². The number of non-ortho nitro benzene ring substituents is 1. The highest BCUT2D eigenvalue weighted by molar-refractivity contribution is 5.64. The number of nitro benzene ring substituents is 1. The third-order valence-corrected chi connectivity index (χ3v) is 7.62. The van der Waals surface area contributed by atoms with Crippen molar-refractivity contribution in [3.8, 4) is 5.75 Å². The van der Waals surface area contributed by atoms with Gasteiger partial charge in [0.15, 0.2) is 6.10 Å². The number of unbranched alkanes of at least 4 members (excludes halogenated alkanes) is 6. The molecule has 0 saturated carbocycles. The van der Waals surface area contributed by atoms with E-state index in [1.54, 1.807) is 7.11 Å². The van der Waals surface area contributed by atoms with E-state index in [1.165, 1.54) is 43.5 Å². The lowest BCUT2D eigenvalue weighted by atomic mass is 10.2. The minimum atomic E-state index is -0.971. The predicted octanol–water partition coefficient (Wildman–Crippen LogP) is 5.43. The summed E-state index contributed by atoms with van der Waals surface area (Å²) in [6, 6.07) is 5.12. The average molecular weight is 808 g/mol. The van der Waals surface area contributed by atoms with Gasteiger partial charge in [-0.05, 0) is 31.4 Å². The number of nitrogens with zero attached hydrogens (tertiary/aromatic N) is 1. The van der Waals surface area contributed by atoms with Crippen molar-refractivity contribution in [3.63, 3.8) is 0 Å². The Hall–Kier alpha value is -2.55. The van der Waals surface area contributed by atoms with E-state index in [9.17, 15) is 14.9 Å². The van der Waals surface area contributed by atoms with Gasteiger partial charge in [0.2, 0.25) is 0 Å². The number of ether oxygens (including phenoxy) is 13. The van der Waals surface area contributed by atoms with E-state index in [-0.39, 0.29) is 31.3 Å². The molecule has 0 amide bonds. The van der Waals surface area contributed by atoms with Crippen LogP contribution in [0.2, 0.25) is 0 Å². The second kappa shape index (κ2) is 40.6. The topological polar surface area (TPSA) is 180 Å². The lowest BCUT2D eigenvalue weighted by Crippen LogP contribution is -2.30. The standard InChI is InChI=1S/C39H69NO16/c1-3-4-5-8-15-45-20-22-48-27-29-51-30-31-52-32-33-54-35-38(56-39(41)55-37-13-11-36(12-14-37)40(42)43)34-53-17-10-7-6-9-16-46-21-23-49-26-28-50-25-24-47-19-18-44-2/h11-14,38H,3-10,15-35H2,1-2H3. The van der Waals surface area contributed by atoms with E-state index in [2.05, 4.69) is 6.92 Å². The molecule has 0 aromatic heterocycles. The molecular weight excluding hydrogens is 738 g/mol. The molecule has 0 fully saturated rings. The van der Waals surface area contributed by atoms with Crippen LogP contribution >= 0.6 is 0 Å². The van der Waals surface area contributed by atoms with Gasteiger partial charge in [-0.15, -0.1) is 0 Å². The van der Waals surface area contributed by atoms with Gasteiger partial charge in [-0.2, -0.15) is 0 Å². The van der Waals surface area contributed by atoms with Crippen LogP contribution < -0.4 is 4.74 Å². The summed E-state index contributed by atoms with van der Waals surface area (Å²) in [7, 11) is 1.64. The first-order chi connectivity index (χ1) is 27.6. The number of benzene rings is 1. The molecular formula is C39H69NO16. The molecule has 1 atom stereocenters. The van der Waals surface area contributed by atoms with Gasteiger partial charge in [-0.3, -0.25) is 10.1 Å². The zero-order valence-electron chi connectivity index (χ0n) is 33.9. The maximum Gasteiger partial charge on any atom is 0.514 e. The van der Waals surface area contributed by atoms with Gasteiger partial charge in [0.1, 0.15) is 5.75 Å². The summed E-state index contributed by atoms with van der Waals surface area (Å²) in [5.41, 5.74) is -0.121. The van der Waals surface area contributed by atoms with Crippen molar-refractivity contribution in [2.75, 3.05) is 146 Å². The van der Waals surface area contributed by atoms with Crippen LogP contribution in [0.3, 0.4) is 0 Å². The summed E-state index contributed by atoms with van der Waals surface area (Å²) in [4.78, 5) is 22.8. The Kier molecular flexibility index (Phi) is 37.4. The lowest BCUT2D eigenvalue weighted by Gasteiger charge is -2.18. The first-order valence-electron chi connectivity index (χ1n) is 20.0. The van der Waals surface area contributed by atoms with Crippen LogP contribution in [-0.2, 0) is 56.8 Å².